The molecule has 2 unspecified atom stereocenters. The summed E-state index contributed by atoms with van der Waals surface area (Å²) in [6, 6.07) is -0.555. The Balaban J connectivity index is 3.52. The average molecular weight is 898 g/mol. The van der Waals surface area contributed by atoms with E-state index in [1.54, 1.807) is 0 Å². The van der Waals surface area contributed by atoms with Gasteiger partial charge in [0.1, 0.15) is 0 Å². The molecule has 1 amide bonds. The molecule has 0 saturated carbocycles. The van der Waals surface area contributed by atoms with Gasteiger partial charge in [0, 0.05) is 12.8 Å². The van der Waals surface area contributed by atoms with E-state index in [-0.39, 0.29) is 18.5 Å². The standard InChI is InChI=1S/C58H107NO5/c1-3-5-7-9-11-13-15-17-22-26-30-34-38-42-46-50-56(61)55(54-60)59-57(62)51-47-43-39-35-31-27-24-20-19-21-25-29-33-37-41-45-49-53-64-58(63)52-48-44-40-36-32-28-23-18-16-14-12-10-8-6-4-2/h12,14,18-19,21,23,29,33,55-56,60-61H,3-11,13,15-17,20,22,24-28,30-32,34-54H2,1-2H3,(H,59,62)/b14-12-,21-19-,23-18-,33-29-. The second kappa shape index (κ2) is 53.4. The Morgan fingerprint density at radius 3 is 1.22 bits per heavy atom. The second-order valence-electron chi connectivity index (χ2n) is 18.9. The Labute approximate surface area is 397 Å². The summed E-state index contributed by atoms with van der Waals surface area (Å²) in [6.45, 7) is 4.87. The zero-order valence-electron chi connectivity index (χ0n) is 42.5. The van der Waals surface area contributed by atoms with Gasteiger partial charge >= 0.3 is 5.97 Å². The number of hydrogen-bond acceptors (Lipinski definition) is 5. The highest BCUT2D eigenvalue weighted by Gasteiger charge is 2.20. The van der Waals surface area contributed by atoms with Crippen LogP contribution in [0.25, 0.3) is 0 Å². The molecule has 0 rings (SSSR count). The normalized spacial score (nSPS) is 13.0. The molecule has 374 valence electrons. The molecule has 0 saturated heterocycles. The number of hydrogen-bond donors (Lipinski definition) is 3. The summed E-state index contributed by atoms with van der Waals surface area (Å²) >= 11 is 0. The third-order valence-corrected chi connectivity index (χ3v) is 12.6. The Morgan fingerprint density at radius 1 is 0.438 bits per heavy atom. The van der Waals surface area contributed by atoms with Gasteiger partial charge in [0.05, 0.1) is 25.4 Å². The number of amides is 1. The van der Waals surface area contributed by atoms with E-state index in [0.717, 1.165) is 96.3 Å². The molecule has 6 heteroatoms. The molecule has 2 atom stereocenters. The number of nitrogens with one attached hydrogen (secondary N) is 1. The predicted molar refractivity (Wildman–Crippen MR) is 278 cm³/mol. The molecule has 0 aromatic rings. The lowest BCUT2D eigenvalue weighted by Crippen LogP contribution is -2.45. The molecule has 0 aliphatic carbocycles. The zero-order valence-corrected chi connectivity index (χ0v) is 42.5. The molecule has 64 heavy (non-hydrogen) atoms. The number of unbranched alkanes of at least 4 members (excludes halogenated alkanes) is 32. The SMILES string of the molecule is CCCCC/C=C\C/C=C\CCCCCCCC(=O)OCCCCC/C=C\C/C=C\CCCCCCCCCC(=O)NC(CO)C(O)CCCCCCCCCCCCCCCCC. The van der Waals surface area contributed by atoms with Crippen LogP contribution >= 0.6 is 0 Å². The van der Waals surface area contributed by atoms with Crippen molar-refractivity contribution in [2.75, 3.05) is 13.2 Å². The number of ether oxygens (including phenoxy) is 1. The molecule has 3 N–H and O–H groups in total. The van der Waals surface area contributed by atoms with Gasteiger partial charge in [-0.05, 0) is 96.3 Å². The van der Waals surface area contributed by atoms with Gasteiger partial charge in [-0.2, -0.15) is 0 Å². The van der Waals surface area contributed by atoms with Crippen molar-refractivity contribution in [3.63, 3.8) is 0 Å². The summed E-state index contributed by atoms with van der Waals surface area (Å²) in [4.78, 5) is 24.5. The van der Waals surface area contributed by atoms with Gasteiger partial charge in [-0.1, -0.05) is 223 Å². The van der Waals surface area contributed by atoms with Crippen molar-refractivity contribution >= 4 is 11.9 Å². The van der Waals surface area contributed by atoms with Crippen molar-refractivity contribution in [2.24, 2.45) is 0 Å². The Hall–Kier alpha value is -2.18. The minimum atomic E-state index is -0.676. The molecular weight excluding hydrogens is 791 g/mol. The number of rotatable bonds is 51. The Kier molecular flexibility index (Phi) is 51.6. The lowest BCUT2D eigenvalue weighted by molar-refractivity contribution is -0.143. The van der Waals surface area contributed by atoms with Crippen LogP contribution in [0.5, 0.6) is 0 Å². The number of carbonyl (C=O) groups is 2. The zero-order chi connectivity index (χ0) is 46.5. The molecule has 0 aromatic carbocycles. The molecule has 0 heterocycles. The Morgan fingerprint density at radius 2 is 0.781 bits per heavy atom. The smallest absolute Gasteiger partial charge is 0.305 e. The van der Waals surface area contributed by atoms with Crippen LogP contribution in [0.1, 0.15) is 284 Å². The van der Waals surface area contributed by atoms with Crippen molar-refractivity contribution in [1.82, 2.24) is 5.32 Å². The number of aliphatic hydroxyl groups excluding tert-OH is 2. The summed E-state index contributed by atoms with van der Waals surface area (Å²) in [6.07, 6.45) is 66.6. The molecule has 0 aliphatic heterocycles. The number of carbonyl (C=O) groups excluding carboxylic acids is 2. The molecule has 0 aromatic heterocycles. The minimum absolute atomic E-state index is 0.0300. The summed E-state index contributed by atoms with van der Waals surface area (Å²) in [7, 11) is 0. The first-order chi connectivity index (χ1) is 31.5. The fourth-order valence-electron chi connectivity index (χ4n) is 8.29. The van der Waals surface area contributed by atoms with Crippen molar-refractivity contribution in [2.45, 2.75) is 296 Å². The lowest BCUT2D eigenvalue weighted by atomic mass is 10.0. The highest BCUT2D eigenvalue weighted by atomic mass is 16.5. The number of esters is 1. The van der Waals surface area contributed by atoms with Gasteiger partial charge < -0.3 is 20.3 Å². The maximum absolute atomic E-state index is 12.5. The monoisotopic (exact) mass is 898 g/mol. The summed E-state index contributed by atoms with van der Waals surface area (Å²) in [5.41, 5.74) is 0. The van der Waals surface area contributed by atoms with Crippen LogP contribution in [-0.2, 0) is 14.3 Å². The Bertz CT molecular complexity index is 1080. The first-order valence-electron chi connectivity index (χ1n) is 27.9. The van der Waals surface area contributed by atoms with Gasteiger partial charge in [-0.15, -0.1) is 0 Å². The first-order valence-corrected chi connectivity index (χ1v) is 27.9. The van der Waals surface area contributed by atoms with Gasteiger partial charge in [0.15, 0.2) is 0 Å². The van der Waals surface area contributed by atoms with E-state index in [1.807, 2.05) is 0 Å². The maximum Gasteiger partial charge on any atom is 0.305 e. The van der Waals surface area contributed by atoms with E-state index >= 15 is 0 Å². The van der Waals surface area contributed by atoms with Crippen molar-refractivity contribution in [3.8, 4) is 0 Å². The summed E-state index contributed by atoms with van der Waals surface area (Å²) in [5.74, 6) is -0.0817. The van der Waals surface area contributed by atoms with Crippen LogP contribution in [0.4, 0.5) is 0 Å². The number of allylic oxidation sites excluding steroid dienone is 8. The van der Waals surface area contributed by atoms with Crippen molar-refractivity contribution in [1.29, 1.82) is 0 Å². The van der Waals surface area contributed by atoms with Gasteiger partial charge in [0.2, 0.25) is 5.91 Å². The van der Waals surface area contributed by atoms with Gasteiger partial charge in [-0.25, -0.2) is 0 Å². The topological polar surface area (TPSA) is 95.9 Å². The highest BCUT2D eigenvalue weighted by Crippen LogP contribution is 2.16. The van der Waals surface area contributed by atoms with E-state index in [9.17, 15) is 19.8 Å². The van der Waals surface area contributed by atoms with Gasteiger partial charge in [-0.3, -0.25) is 9.59 Å². The highest BCUT2D eigenvalue weighted by molar-refractivity contribution is 5.76. The number of aliphatic hydroxyl groups is 2. The van der Waals surface area contributed by atoms with Gasteiger partial charge in [0.25, 0.3) is 0 Å². The third kappa shape index (κ3) is 49.3. The molecule has 0 fully saturated rings. The van der Waals surface area contributed by atoms with E-state index in [2.05, 4.69) is 67.8 Å². The summed E-state index contributed by atoms with van der Waals surface area (Å²) in [5, 5.41) is 23.2. The molecule has 6 nitrogen and oxygen atoms in total. The largest absolute Gasteiger partial charge is 0.466 e. The van der Waals surface area contributed by atoms with Crippen LogP contribution in [0.15, 0.2) is 48.6 Å². The fourth-order valence-corrected chi connectivity index (χ4v) is 8.29. The quantitative estimate of drug-likeness (QED) is 0.0321. The van der Waals surface area contributed by atoms with Crippen LogP contribution in [0, 0.1) is 0 Å². The van der Waals surface area contributed by atoms with Crippen LogP contribution in [-0.4, -0.2) is 47.4 Å². The average Bonchev–Trinajstić information content (AvgIpc) is 3.29. The van der Waals surface area contributed by atoms with E-state index < -0.39 is 12.1 Å². The maximum atomic E-state index is 12.5. The molecular formula is C58H107NO5. The fraction of sp³-hybridized carbons (Fsp3) is 0.828. The molecule has 0 aliphatic rings. The summed E-state index contributed by atoms with van der Waals surface area (Å²) < 4.78 is 5.44. The minimum Gasteiger partial charge on any atom is -0.466 e. The first kappa shape index (κ1) is 61.8. The van der Waals surface area contributed by atoms with E-state index in [4.69, 9.17) is 4.74 Å². The molecule has 0 bridgehead atoms. The van der Waals surface area contributed by atoms with Crippen LogP contribution < -0.4 is 5.32 Å². The predicted octanol–water partition coefficient (Wildman–Crippen LogP) is 17.0. The van der Waals surface area contributed by atoms with Crippen molar-refractivity contribution < 1.29 is 24.5 Å². The van der Waals surface area contributed by atoms with Crippen LogP contribution in [0.3, 0.4) is 0 Å². The van der Waals surface area contributed by atoms with Crippen LogP contribution in [0.2, 0.25) is 0 Å². The third-order valence-electron chi connectivity index (χ3n) is 12.6. The van der Waals surface area contributed by atoms with Crippen molar-refractivity contribution in [3.05, 3.63) is 48.6 Å². The van der Waals surface area contributed by atoms with E-state index in [0.29, 0.717) is 25.9 Å². The lowest BCUT2D eigenvalue weighted by Gasteiger charge is -2.22. The molecule has 0 spiro atoms. The van der Waals surface area contributed by atoms with E-state index in [1.165, 1.54) is 154 Å². The second-order valence-corrected chi connectivity index (χ2v) is 18.9. The molecule has 0 radical (unpaired) electrons.